The van der Waals surface area contributed by atoms with Crippen molar-refractivity contribution in [2.75, 3.05) is 32.9 Å². The van der Waals surface area contributed by atoms with Crippen molar-refractivity contribution < 1.29 is 19.0 Å². The molecule has 0 atom stereocenters. The van der Waals surface area contributed by atoms with Crippen LogP contribution in [0.2, 0.25) is 0 Å². The normalized spacial score (nSPS) is 13.5. The number of amides is 1. The Morgan fingerprint density at radius 2 is 1.59 bits per heavy atom. The molecule has 2 aromatic carbocycles. The summed E-state index contributed by atoms with van der Waals surface area (Å²) in [6.45, 7) is 8.23. The van der Waals surface area contributed by atoms with E-state index in [4.69, 9.17) is 14.2 Å². The number of carbonyl (C=O) groups is 1. The average molecular weight is 437 g/mol. The van der Waals surface area contributed by atoms with E-state index in [1.54, 1.807) is 17.0 Å². The van der Waals surface area contributed by atoms with Crippen LogP contribution in [0.4, 0.5) is 0 Å². The summed E-state index contributed by atoms with van der Waals surface area (Å²) in [5.74, 6) is 1.49. The molecule has 1 aliphatic heterocycles. The minimum Gasteiger partial charge on any atom is -0.490 e. The van der Waals surface area contributed by atoms with Crippen molar-refractivity contribution in [3.63, 3.8) is 0 Å². The van der Waals surface area contributed by atoms with Crippen LogP contribution < -0.4 is 14.2 Å². The third-order valence-corrected chi connectivity index (χ3v) is 5.26. The van der Waals surface area contributed by atoms with Gasteiger partial charge in [-0.1, -0.05) is 35.5 Å². The van der Waals surface area contributed by atoms with Crippen LogP contribution in [0.25, 0.3) is 11.3 Å². The highest BCUT2D eigenvalue weighted by molar-refractivity contribution is 5.96. The van der Waals surface area contributed by atoms with Crippen molar-refractivity contribution in [1.82, 2.24) is 19.9 Å². The lowest BCUT2D eigenvalue weighted by molar-refractivity contribution is 0.0497. The largest absolute Gasteiger partial charge is 0.490 e. The summed E-state index contributed by atoms with van der Waals surface area (Å²) >= 11 is 0. The molecule has 1 aromatic heterocycles. The molecule has 1 saturated heterocycles. The van der Waals surface area contributed by atoms with Crippen LogP contribution in [-0.2, 0) is 0 Å². The van der Waals surface area contributed by atoms with E-state index in [1.165, 1.54) is 0 Å². The summed E-state index contributed by atoms with van der Waals surface area (Å²) in [6.07, 6.45) is 1.93. The van der Waals surface area contributed by atoms with Crippen molar-refractivity contribution in [1.29, 1.82) is 0 Å². The Labute approximate surface area is 187 Å². The highest BCUT2D eigenvalue weighted by Crippen LogP contribution is 2.40. The van der Waals surface area contributed by atoms with Gasteiger partial charge in [0.15, 0.2) is 11.5 Å². The molecule has 0 N–H and O–H groups in total. The Balaban J connectivity index is 1.48. The molecule has 1 amide bonds. The van der Waals surface area contributed by atoms with Crippen LogP contribution in [0.5, 0.6) is 17.2 Å². The summed E-state index contributed by atoms with van der Waals surface area (Å²) < 4.78 is 19.0. The van der Waals surface area contributed by atoms with Gasteiger partial charge in [0.05, 0.1) is 32.1 Å². The topological polar surface area (TPSA) is 78.7 Å². The summed E-state index contributed by atoms with van der Waals surface area (Å²) in [4.78, 5) is 14.9. The maximum atomic E-state index is 13.1. The van der Waals surface area contributed by atoms with E-state index < -0.39 is 0 Å². The number of likely N-dealkylation sites (tertiary alicyclic amines) is 1. The number of ether oxygens (including phenoxy) is 3. The number of nitrogens with zero attached hydrogens (tertiary/aromatic N) is 4. The molecular formula is C24H28N4O4. The SMILES string of the molecule is CCOc1cc(C(=O)N2CC(n3cc(-c4ccccc4)nn3)C2)cc(OCC)c1OCC. The Bertz CT molecular complexity index is 1030. The second kappa shape index (κ2) is 9.72. The molecule has 0 spiro atoms. The molecule has 0 bridgehead atoms. The van der Waals surface area contributed by atoms with Gasteiger partial charge < -0.3 is 19.1 Å². The molecule has 4 rings (SSSR count). The predicted octanol–water partition coefficient (Wildman–Crippen LogP) is 3.84. The van der Waals surface area contributed by atoms with Gasteiger partial charge in [-0.15, -0.1) is 5.10 Å². The van der Waals surface area contributed by atoms with E-state index in [2.05, 4.69) is 10.3 Å². The number of rotatable bonds is 9. The molecule has 0 saturated carbocycles. The van der Waals surface area contributed by atoms with Gasteiger partial charge in [0, 0.05) is 24.2 Å². The smallest absolute Gasteiger partial charge is 0.254 e. The maximum Gasteiger partial charge on any atom is 0.254 e. The summed E-state index contributed by atoms with van der Waals surface area (Å²) in [5.41, 5.74) is 2.36. The lowest BCUT2D eigenvalue weighted by atomic mass is 10.1. The zero-order valence-electron chi connectivity index (χ0n) is 18.7. The van der Waals surface area contributed by atoms with Gasteiger partial charge in [-0.25, -0.2) is 4.68 Å². The number of carbonyl (C=O) groups excluding carboxylic acids is 1. The lowest BCUT2D eigenvalue weighted by Crippen LogP contribution is -2.50. The molecule has 8 heteroatoms. The number of hydrogen-bond donors (Lipinski definition) is 0. The minimum atomic E-state index is -0.0744. The molecule has 0 aliphatic carbocycles. The number of benzene rings is 2. The van der Waals surface area contributed by atoms with Gasteiger partial charge in [-0.3, -0.25) is 4.79 Å². The fraction of sp³-hybridized carbons (Fsp3) is 0.375. The highest BCUT2D eigenvalue weighted by atomic mass is 16.5. The highest BCUT2D eigenvalue weighted by Gasteiger charge is 2.34. The summed E-state index contributed by atoms with van der Waals surface area (Å²) in [6, 6.07) is 13.5. The van der Waals surface area contributed by atoms with Crippen LogP contribution >= 0.6 is 0 Å². The van der Waals surface area contributed by atoms with Crippen molar-refractivity contribution in [2.45, 2.75) is 26.8 Å². The van der Waals surface area contributed by atoms with Crippen LogP contribution in [-0.4, -0.2) is 58.7 Å². The summed E-state index contributed by atoms with van der Waals surface area (Å²) in [7, 11) is 0. The van der Waals surface area contributed by atoms with E-state index in [-0.39, 0.29) is 11.9 Å². The molecule has 168 valence electrons. The average Bonchev–Trinajstić information content (AvgIpc) is 3.25. The van der Waals surface area contributed by atoms with E-state index in [0.29, 0.717) is 55.7 Å². The Kier molecular flexibility index (Phi) is 6.58. The van der Waals surface area contributed by atoms with Crippen molar-refractivity contribution in [3.05, 3.63) is 54.2 Å². The molecular weight excluding hydrogens is 408 g/mol. The summed E-state index contributed by atoms with van der Waals surface area (Å²) in [5, 5.41) is 8.53. The standard InChI is InChI=1S/C24H28N4O4/c1-4-30-21-12-18(13-22(31-5-2)23(21)32-6-3)24(29)27-14-19(15-27)28-16-20(25-26-28)17-10-8-7-9-11-17/h7-13,16,19H,4-6,14-15H2,1-3H3. The fourth-order valence-electron chi connectivity index (χ4n) is 3.68. The van der Waals surface area contributed by atoms with Crippen LogP contribution in [0.15, 0.2) is 48.7 Å². The third-order valence-electron chi connectivity index (χ3n) is 5.26. The van der Waals surface area contributed by atoms with E-state index >= 15 is 0 Å². The van der Waals surface area contributed by atoms with Gasteiger partial charge in [0.2, 0.25) is 5.75 Å². The van der Waals surface area contributed by atoms with Crippen LogP contribution in [0.1, 0.15) is 37.2 Å². The molecule has 2 heterocycles. The first-order valence-electron chi connectivity index (χ1n) is 11.0. The first kappa shape index (κ1) is 21.7. The second-order valence-electron chi connectivity index (χ2n) is 7.41. The molecule has 1 fully saturated rings. The monoisotopic (exact) mass is 436 g/mol. The van der Waals surface area contributed by atoms with Crippen LogP contribution in [0.3, 0.4) is 0 Å². The predicted molar refractivity (Wildman–Crippen MR) is 120 cm³/mol. The zero-order chi connectivity index (χ0) is 22.5. The molecule has 0 unspecified atom stereocenters. The third kappa shape index (κ3) is 4.39. The van der Waals surface area contributed by atoms with Crippen molar-refractivity contribution >= 4 is 5.91 Å². The van der Waals surface area contributed by atoms with Gasteiger partial charge in [0.1, 0.15) is 5.69 Å². The van der Waals surface area contributed by atoms with Crippen molar-refractivity contribution in [3.8, 4) is 28.5 Å². The number of aromatic nitrogens is 3. The second-order valence-corrected chi connectivity index (χ2v) is 7.41. The quantitative estimate of drug-likeness (QED) is 0.507. The molecule has 8 nitrogen and oxygen atoms in total. The van der Waals surface area contributed by atoms with Crippen molar-refractivity contribution in [2.24, 2.45) is 0 Å². The Morgan fingerprint density at radius 1 is 0.969 bits per heavy atom. The van der Waals surface area contributed by atoms with Gasteiger partial charge in [0.25, 0.3) is 5.91 Å². The Hall–Kier alpha value is -3.55. The molecule has 3 aromatic rings. The van der Waals surface area contributed by atoms with E-state index in [1.807, 2.05) is 62.0 Å². The fourth-order valence-corrected chi connectivity index (χ4v) is 3.68. The Morgan fingerprint density at radius 3 is 2.19 bits per heavy atom. The molecule has 32 heavy (non-hydrogen) atoms. The van der Waals surface area contributed by atoms with Gasteiger partial charge >= 0.3 is 0 Å². The molecule has 0 radical (unpaired) electrons. The number of hydrogen-bond acceptors (Lipinski definition) is 6. The van der Waals surface area contributed by atoms with E-state index in [9.17, 15) is 4.79 Å². The van der Waals surface area contributed by atoms with Crippen LogP contribution in [0, 0.1) is 0 Å². The first-order chi connectivity index (χ1) is 15.6. The molecule has 1 aliphatic rings. The van der Waals surface area contributed by atoms with Gasteiger partial charge in [-0.05, 0) is 32.9 Å². The minimum absolute atomic E-state index is 0.0744. The van der Waals surface area contributed by atoms with E-state index in [0.717, 1.165) is 11.3 Å². The first-order valence-corrected chi connectivity index (χ1v) is 11.0. The lowest BCUT2D eigenvalue weighted by Gasteiger charge is -2.39. The van der Waals surface area contributed by atoms with Gasteiger partial charge in [-0.2, -0.15) is 0 Å². The zero-order valence-corrected chi connectivity index (χ0v) is 18.7. The maximum absolute atomic E-state index is 13.1.